The molecule has 1 unspecified atom stereocenters. The van der Waals surface area contributed by atoms with E-state index in [-0.39, 0.29) is 5.56 Å². The Morgan fingerprint density at radius 1 is 1.24 bits per heavy atom. The highest BCUT2D eigenvalue weighted by Gasteiger charge is 2.24. The topological polar surface area (TPSA) is 81.4 Å². The van der Waals surface area contributed by atoms with Crippen molar-refractivity contribution in [2.45, 2.75) is 19.4 Å². The van der Waals surface area contributed by atoms with Gasteiger partial charge in [-0.05, 0) is 42.8 Å². The zero-order valence-electron chi connectivity index (χ0n) is 13.4. The monoisotopic (exact) mass is 358 g/mol. The molecule has 0 fully saturated rings. The number of nitrogens with one attached hydrogen (secondary N) is 1. The predicted octanol–water partition coefficient (Wildman–Crippen LogP) is 4.06. The lowest BCUT2D eigenvalue weighted by Crippen LogP contribution is -2.32. The van der Waals surface area contributed by atoms with Crippen molar-refractivity contribution in [1.29, 1.82) is 0 Å². The number of para-hydroxylation sites is 1. The average Bonchev–Trinajstić information content (AvgIpc) is 3.10. The van der Waals surface area contributed by atoms with Crippen molar-refractivity contribution in [3.63, 3.8) is 0 Å². The Balaban J connectivity index is 1.72. The van der Waals surface area contributed by atoms with Crippen molar-refractivity contribution in [1.82, 2.24) is 4.98 Å². The fourth-order valence-electron chi connectivity index (χ4n) is 2.32. The third-order valence-corrected chi connectivity index (χ3v) is 3.86. The van der Waals surface area contributed by atoms with Crippen LogP contribution in [0.3, 0.4) is 0 Å². The predicted molar refractivity (Wildman–Crippen MR) is 93.6 cm³/mol. The number of ether oxygens (including phenoxy) is 1. The van der Waals surface area contributed by atoms with Crippen LogP contribution in [0.2, 0.25) is 5.02 Å². The number of amides is 1. The van der Waals surface area contributed by atoms with E-state index >= 15 is 0 Å². The highest BCUT2D eigenvalue weighted by atomic mass is 35.5. The second-order valence-electron chi connectivity index (χ2n) is 5.30. The number of aromatic nitrogens is 1. The molecule has 7 heteroatoms. The molecule has 0 aliphatic rings. The Kier molecular flexibility index (Phi) is 5.00. The molecule has 25 heavy (non-hydrogen) atoms. The van der Waals surface area contributed by atoms with Crippen LogP contribution < -0.4 is 5.32 Å². The smallest absolute Gasteiger partial charge is 0.341 e. The SMILES string of the molecule is CCC(OC(=O)c1cccc2ocnc12)C(=O)Nc1ccc(Cl)cc1. The molecule has 6 nitrogen and oxygen atoms in total. The van der Waals surface area contributed by atoms with Gasteiger partial charge < -0.3 is 14.5 Å². The first-order valence-corrected chi connectivity index (χ1v) is 8.06. The summed E-state index contributed by atoms with van der Waals surface area (Å²) in [5.41, 5.74) is 1.71. The molecule has 0 saturated heterocycles. The highest BCUT2D eigenvalue weighted by molar-refractivity contribution is 6.30. The summed E-state index contributed by atoms with van der Waals surface area (Å²) in [7, 11) is 0. The van der Waals surface area contributed by atoms with E-state index in [1.54, 1.807) is 49.4 Å². The summed E-state index contributed by atoms with van der Waals surface area (Å²) < 4.78 is 10.5. The van der Waals surface area contributed by atoms with Gasteiger partial charge in [0.15, 0.2) is 18.1 Å². The molecule has 1 atom stereocenters. The van der Waals surface area contributed by atoms with Gasteiger partial charge in [-0.2, -0.15) is 0 Å². The van der Waals surface area contributed by atoms with Gasteiger partial charge in [0.25, 0.3) is 5.91 Å². The number of fused-ring (bicyclic) bond motifs is 1. The van der Waals surface area contributed by atoms with Crippen molar-refractivity contribution >= 4 is 40.3 Å². The van der Waals surface area contributed by atoms with Gasteiger partial charge in [0.1, 0.15) is 5.52 Å². The maximum absolute atomic E-state index is 12.4. The molecular weight excluding hydrogens is 344 g/mol. The number of carbonyl (C=O) groups is 2. The van der Waals surface area contributed by atoms with E-state index in [2.05, 4.69) is 10.3 Å². The Labute approximate surface area is 148 Å². The number of benzene rings is 2. The first-order valence-electron chi connectivity index (χ1n) is 7.68. The molecule has 0 saturated carbocycles. The first kappa shape index (κ1) is 17.0. The Hall–Kier alpha value is -2.86. The molecule has 0 aliphatic carbocycles. The minimum atomic E-state index is -0.926. The van der Waals surface area contributed by atoms with Crippen molar-refractivity contribution in [2.75, 3.05) is 5.32 Å². The van der Waals surface area contributed by atoms with E-state index < -0.39 is 18.0 Å². The molecule has 0 bridgehead atoms. The zero-order chi connectivity index (χ0) is 17.8. The summed E-state index contributed by atoms with van der Waals surface area (Å²) in [6, 6.07) is 11.6. The van der Waals surface area contributed by atoms with Gasteiger partial charge >= 0.3 is 5.97 Å². The quantitative estimate of drug-likeness (QED) is 0.696. The minimum Gasteiger partial charge on any atom is -0.449 e. The van der Waals surface area contributed by atoms with E-state index in [1.165, 1.54) is 6.39 Å². The summed E-state index contributed by atoms with van der Waals surface area (Å²) in [4.78, 5) is 28.8. The van der Waals surface area contributed by atoms with Crippen LogP contribution in [0.5, 0.6) is 0 Å². The lowest BCUT2D eigenvalue weighted by Gasteiger charge is -2.16. The van der Waals surface area contributed by atoms with Crippen LogP contribution in [0.25, 0.3) is 11.1 Å². The molecular formula is C18H15ClN2O4. The van der Waals surface area contributed by atoms with Crippen LogP contribution in [0, 0.1) is 0 Å². The number of halogens is 1. The number of carbonyl (C=O) groups excluding carboxylic acids is 2. The van der Waals surface area contributed by atoms with E-state index in [1.807, 2.05) is 0 Å². The molecule has 0 spiro atoms. The molecule has 1 heterocycles. The third kappa shape index (κ3) is 3.80. The second kappa shape index (κ2) is 7.36. The molecule has 1 aromatic heterocycles. The van der Waals surface area contributed by atoms with Crippen LogP contribution >= 0.6 is 11.6 Å². The number of hydrogen-bond acceptors (Lipinski definition) is 5. The third-order valence-electron chi connectivity index (χ3n) is 3.60. The Morgan fingerprint density at radius 2 is 2.00 bits per heavy atom. The van der Waals surface area contributed by atoms with Gasteiger partial charge in [0.05, 0.1) is 5.56 Å². The van der Waals surface area contributed by atoms with Crippen molar-refractivity contribution in [2.24, 2.45) is 0 Å². The molecule has 3 aromatic rings. The number of esters is 1. The average molecular weight is 359 g/mol. The van der Waals surface area contributed by atoms with E-state index in [4.69, 9.17) is 20.8 Å². The van der Waals surface area contributed by atoms with Crippen molar-refractivity contribution in [3.05, 3.63) is 59.4 Å². The molecule has 1 amide bonds. The van der Waals surface area contributed by atoms with Gasteiger partial charge in [0.2, 0.25) is 0 Å². The van der Waals surface area contributed by atoms with E-state index in [0.717, 1.165) is 0 Å². The number of hydrogen-bond donors (Lipinski definition) is 1. The summed E-state index contributed by atoms with van der Waals surface area (Å²) >= 11 is 5.82. The molecule has 1 N–H and O–H groups in total. The standard InChI is InChI=1S/C18H15ClN2O4/c1-2-14(17(22)21-12-8-6-11(19)7-9-12)25-18(23)13-4-3-5-15-16(13)20-10-24-15/h3-10,14H,2H2,1H3,(H,21,22). The fourth-order valence-corrected chi connectivity index (χ4v) is 2.45. The molecule has 0 radical (unpaired) electrons. The zero-order valence-corrected chi connectivity index (χ0v) is 14.1. The van der Waals surface area contributed by atoms with Crippen LogP contribution in [0.4, 0.5) is 5.69 Å². The highest BCUT2D eigenvalue weighted by Crippen LogP contribution is 2.19. The van der Waals surface area contributed by atoms with Gasteiger partial charge in [-0.25, -0.2) is 9.78 Å². The number of oxazole rings is 1. The molecule has 128 valence electrons. The van der Waals surface area contributed by atoms with Gasteiger partial charge in [-0.3, -0.25) is 4.79 Å². The first-order chi connectivity index (χ1) is 12.1. The summed E-state index contributed by atoms with van der Waals surface area (Å²) in [6.45, 7) is 1.76. The maximum Gasteiger partial charge on any atom is 0.341 e. The van der Waals surface area contributed by atoms with Crippen LogP contribution in [0.15, 0.2) is 53.3 Å². The summed E-state index contributed by atoms with van der Waals surface area (Å²) in [5.74, 6) is -1.04. The number of rotatable bonds is 5. The summed E-state index contributed by atoms with van der Waals surface area (Å²) in [5, 5.41) is 3.27. The van der Waals surface area contributed by atoms with Gasteiger partial charge in [0, 0.05) is 10.7 Å². The lowest BCUT2D eigenvalue weighted by atomic mass is 10.2. The maximum atomic E-state index is 12.4. The lowest BCUT2D eigenvalue weighted by molar-refractivity contribution is -0.124. The van der Waals surface area contributed by atoms with E-state index in [9.17, 15) is 9.59 Å². The van der Waals surface area contributed by atoms with Crippen molar-refractivity contribution < 1.29 is 18.7 Å². The Bertz CT molecular complexity index is 905. The second-order valence-corrected chi connectivity index (χ2v) is 5.74. The van der Waals surface area contributed by atoms with Gasteiger partial charge in [-0.15, -0.1) is 0 Å². The molecule has 3 rings (SSSR count). The van der Waals surface area contributed by atoms with Gasteiger partial charge in [-0.1, -0.05) is 24.6 Å². The summed E-state index contributed by atoms with van der Waals surface area (Å²) in [6.07, 6.45) is 0.664. The number of nitrogens with zero attached hydrogens (tertiary/aromatic N) is 1. The molecule has 0 aliphatic heterocycles. The van der Waals surface area contributed by atoms with Crippen LogP contribution in [0.1, 0.15) is 23.7 Å². The van der Waals surface area contributed by atoms with E-state index in [0.29, 0.717) is 28.2 Å². The van der Waals surface area contributed by atoms with Crippen molar-refractivity contribution in [3.8, 4) is 0 Å². The van der Waals surface area contributed by atoms with Crippen LogP contribution in [-0.4, -0.2) is 23.0 Å². The fraction of sp³-hybridized carbons (Fsp3) is 0.167. The number of anilines is 1. The molecule has 2 aromatic carbocycles. The largest absolute Gasteiger partial charge is 0.449 e. The van der Waals surface area contributed by atoms with Crippen LogP contribution in [-0.2, 0) is 9.53 Å². The minimum absolute atomic E-state index is 0.254. The normalized spacial score (nSPS) is 11.9. The Morgan fingerprint density at radius 3 is 2.72 bits per heavy atom.